The van der Waals surface area contributed by atoms with Gasteiger partial charge in [0.05, 0.1) is 29.6 Å². The Morgan fingerprint density at radius 1 is 1.19 bits per heavy atom. The Hall–Kier alpha value is -3.16. The molecule has 0 saturated heterocycles. The van der Waals surface area contributed by atoms with Gasteiger partial charge < -0.3 is 15.4 Å². The number of nitrogens with zero attached hydrogens (tertiary/aromatic N) is 2. The molecule has 2 aromatic carbocycles. The summed E-state index contributed by atoms with van der Waals surface area (Å²) < 4.78 is 7.12. The van der Waals surface area contributed by atoms with Crippen LogP contribution < -0.4 is 10.6 Å². The Balaban J connectivity index is 1.90. The second kappa shape index (κ2) is 8.91. The van der Waals surface area contributed by atoms with Gasteiger partial charge in [0, 0.05) is 28.0 Å². The predicted octanol–water partition coefficient (Wildman–Crippen LogP) is 4.55. The van der Waals surface area contributed by atoms with Crippen LogP contribution in [-0.2, 0) is 9.53 Å². The molecule has 0 bridgehead atoms. The van der Waals surface area contributed by atoms with Gasteiger partial charge in [-0.2, -0.15) is 5.10 Å². The Morgan fingerprint density at radius 3 is 2.58 bits per heavy atom. The third-order valence-corrected chi connectivity index (χ3v) is 5.43. The molecule has 0 spiro atoms. The maximum absolute atomic E-state index is 12.8. The van der Waals surface area contributed by atoms with Gasteiger partial charge in [-0.25, -0.2) is 9.48 Å². The summed E-state index contributed by atoms with van der Waals surface area (Å²) >= 11 is 11.5. The van der Waals surface area contributed by atoms with Crippen molar-refractivity contribution in [2.24, 2.45) is 0 Å². The van der Waals surface area contributed by atoms with E-state index >= 15 is 0 Å². The third kappa shape index (κ3) is 4.33. The predicted molar refractivity (Wildman–Crippen MR) is 125 cm³/mol. The summed E-state index contributed by atoms with van der Waals surface area (Å²) in [4.78, 5) is 12.8. The monoisotopic (exact) mass is 452 g/mol. The van der Waals surface area contributed by atoms with Gasteiger partial charge in [0.25, 0.3) is 0 Å². The standard InChI is InChI=1S/C23H21ClN4O2S/c1-3-30-22(29)19-14(2)25-23(31)26-21(19)18-13-28(17-7-5-4-6-8-17)27-20(18)15-9-11-16(24)12-10-15/h4-13,21H,3H2,1-2H3,(H2,25,26,31)/t21-/m1/s1. The minimum atomic E-state index is -0.518. The summed E-state index contributed by atoms with van der Waals surface area (Å²) in [5.74, 6) is -0.401. The number of allylic oxidation sites excluding steroid dienone is 1. The minimum absolute atomic E-state index is 0.278. The van der Waals surface area contributed by atoms with Crippen LogP contribution in [0.1, 0.15) is 25.5 Å². The highest BCUT2D eigenvalue weighted by molar-refractivity contribution is 7.80. The number of halogens is 1. The molecule has 0 aliphatic carbocycles. The van der Waals surface area contributed by atoms with E-state index in [0.29, 0.717) is 21.4 Å². The molecule has 2 N–H and O–H groups in total. The number of carbonyl (C=O) groups is 1. The first-order valence-corrected chi connectivity index (χ1v) is 10.6. The summed E-state index contributed by atoms with van der Waals surface area (Å²) in [6.07, 6.45) is 1.91. The zero-order valence-electron chi connectivity index (χ0n) is 17.1. The van der Waals surface area contributed by atoms with Crippen LogP contribution in [0.3, 0.4) is 0 Å². The molecule has 1 atom stereocenters. The number of para-hydroxylation sites is 1. The molecular formula is C23H21ClN4O2S. The average Bonchev–Trinajstić information content (AvgIpc) is 3.20. The molecule has 0 radical (unpaired) electrons. The number of thiocarbonyl (C=S) groups is 1. The molecule has 6 nitrogen and oxygen atoms in total. The van der Waals surface area contributed by atoms with Crippen LogP contribution >= 0.6 is 23.8 Å². The fraction of sp³-hybridized carbons (Fsp3) is 0.174. The van der Waals surface area contributed by atoms with E-state index in [9.17, 15) is 4.79 Å². The molecule has 1 aliphatic heterocycles. The van der Waals surface area contributed by atoms with Gasteiger partial charge in [-0.15, -0.1) is 0 Å². The maximum atomic E-state index is 12.8. The number of ether oxygens (including phenoxy) is 1. The second-order valence-corrected chi connectivity index (χ2v) is 7.86. The summed E-state index contributed by atoms with van der Waals surface area (Å²) in [5, 5.41) is 12.2. The van der Waals surface area contributed by atoms with Crippen LogP contribution in [0.4, 0.5) is 0 Å². The van der Waals surface area contributed by atoms with Crippen LogP contribution in [0.25, 0.3) is 16.9 Å². The highest BCUT2D eigenvalue weighted by Gasteiger charge is 2.34. The number of aromatic nitrogens is 2. The van der Waals surface area contributed by atoms with E-state index < -0.39 is 12.0 Å². The summed E-state index contributed by atoms with van der Waals surface area (Å²) in [7, 11) is 0. The average molecular weight is 453 g/mol. The summed E-state index contributed by atoms with van der Waals surface area (Å²) in [5.41, 5.74) is 4.43. The van der Waals surface area contributed by atoms with Crippen molar-refractivity contribution in [3.8, 4) is 16.9 Å². The second-order valence-electron chi connectivity index (χ2n) is 7.01. The van der Waals surface area contributed by atoms with Crippen molar-refractivity contribution >= 4 is 34.9 Å². The minimum Gasteiger partial charge on any atom is -0.463 e. The highest BCUT2D eigenvalue weighted by atomic mass is 35.5. The van der Waals surface area contributed by atoms with Crippen molar-refractivity contribution in [1.82, 2.24) is 20.4 Å². The van der Waals surface area contributed by atoms with E-state index in [2.05, 4.69) is 10.6 Å². The maximum Gasteiger partial charge on any atom is 0.338 e. The fourth-order valence-corrected chi connectivity index (χ4v) is 3.95. The summed E-state index contributed by atoms with van der Waals surface area (Å²) in [6.45, 7) is 3.87. The van der Waals surface area contributed by atoms with Crippen molar-refractivity contribution in [1.29, 1.82) is 0 Å². The Bertz CT molecular complexity index is 1160. The van der Waals surface area contributed by atoms with Gasteiger partial charge in [-0.3, -0.25) is 0 Å². The molecular weight excluding hydrogens is 432 g/mol. The van der Waals surface area contributed by atoms with E-state index in [-0.39, 0.29) is 6.61 Å². The molecule has 8 heteroatoms. The molecule has 1 aromatic heterocycles. The van der Waals surface area contributed by atoms with Gasteiger partial charge in [0.15, 0.2) is 5.11 Å². The van der Waals surface area contributed by atoms with Gasteiger partial charge in [0.2, 0.25) is 0 Å². The third-order valence-electron chi connectivity index (χ3n) is 4.96. The SMILES string of the molecule is CCOC(=O)C1=C(C)NC(=S)N[C@@H]1c1cn(-c2ccccc2)nc1-c1ccc(Cl)cc1. The van der Waals surface area contributed by atoms with Gasteiger partial charge >= 0.3 is 5.97 Å². The summed E-state index contributed by atoms with van der Waals surface area (Å²) in [6, 6.07) is 16.7. The highest BCUT2D eigenvalue weighted by Crippen LogP contribution is 2.35. The molecule has 31 heavy (non-hydrogen) atoms. The lowest BCUT2D eigenvalue weighted by Gasteiger charge is -2.29. The quantitative estimate of drug-likeness (QED) is 0.437. The molecule has 0 fully saturated rings. The number of hydrogen-bond donors (Lipinski definition) is 2. The molecule has 3 aromatic rings. The first-order chi connectivity index (χ1) is 15.0. The number of nitrogens with one attached hydrogen (secondary N) is 2. The zero-order chi connectivity index (χ0) is 22.0. The molecule has 0 amide bonds. The van der Waals surface area contributed by atoms with Crippen LogP contribution in [0, 0.1) is 0 Å². The number of esters is 1. The van der Waals surface area contributed by atoms with E-state index in [1.165, 1.54) is 0 Å². The van der Waals surface area contributed by atoms with E-state index in [1.807, 2.05) is 67.7 Å². The molecule has 2 heterocycles. The Kier molecular flexibility index (Phi) is 6.06. The lowest BCUT2D eigenvalue weighted by Crippen LogP contribution is -2.45. The van der Waals surface area contributed by atoms with Crippen molar-refractivity contribution in [2.75, 3.05) is 6.61 Å². The molecule has 0 unspecified atom stereocenters. The largest absolute Gasteiger partial charge is 0.463 e. The van der Waals surface area contributed by atoms with Crippen LogP contribution in [0.15, 0.2) is 72.1 Å². The lowest BCUT2D eigenvalue weighted by atomic mass is 9.94. The van der Waals surface area contributed by atoms with Crippen LogP contribution in [-0.4, -0.2) is 27.5 Å². The van der Waals surface area contributed by atoms with Gasteiger partial charge in [0.1, 0.15) is 0 Å². The molecule has 1 aliphatic rings. The van der Waals surface area contributed by atoms with Crippen molar-refractivity contribution < 1.29 is 9.53 Å². The number of rotatable bonds is 5. The number of benzene rings is 2. The molecule has 158 valence electrons. The Morgan fingerprint density at radius 2 is 1.90 bits per heavy atom. The first-order valence-electron chi connectivity index (χ1n) is 9.84. The number of hydrogen-bond acceptors (Lipinski definition) is 4. The Labute approximate surface area is 190 Å². The number of carbonyl (C=O) groups excluding carboxylic acids is 1. The van der Waals surface area contributed by atoms with Crippen molar-refractivity contribution in [3.05, 3.63) is 82.7 Å². The zero-order valence-corrected chi connectivity index (χ0v) is 18.6. The van der Waals surface area contributed by atoms with Gasteiger partial charge in [-0.05, 0) is 50.3 Å². The first kappa shape index (κ1) is 21.1. The molecule has 0 saturated carbocycles. The fourth-order valence-electron chi connectivity index (χ4n) is 3.55. The van der Waals surface area contributed by atoms with Crippen molar-refractivity contribution in [2.45, 2.75) is 19.9 Å². The smallest absolute Gasteiger partial charge is 0.338 e. The van der Waals surface area contributed by atoms with Crippen molar-refractivity contribution in [3.63, 3.8) is 0 Å². The normalized spacial score (nSPS) is 16.0. The van der Waals surface area contributed by atoms with Crippen LogP contribution in [0.5, 0.6) is 0 Å². The molecule has 4 rings (SSSR count). The van der Waals surface area contributed by atoms with Gasteiger partial charge in [-0.1, -0.05) is 41.9 Å². The topological polar surface area (TPSA) is 68.2 Å². The van der Waals surface area contributed by atoms with Crippen LogP contribution in [0.2, 0.25) is 5.02 Å². The van der Waals surface area contributed by atoms with E-state index in [4.69, 9.17) is 33.7 Å². The lowest BCUT2D eigenvalue weighted by molar-refractivity contribution is -0.139. The van der Waals surface area contributed by atoms with E-state index in [0.717, 1.165) is 22.5 Å². The van der Waals surface area contributed by atoms with E-state index in [1.54, 1.807) is 11.6 Å².